The second kappa shape index (κ2) is 5.75. The summed E-state index contributed by atoms with van der Waals surface area (Å²) in [6.45, 7) is 6.96. The lowest BCUT2D eigenvalue weighted by Gasteiger charge is -2.20. The van der Waals surface area contributed by atoms with Crippen molar-refractivity contribution in [2.45, 2.75) is 19.8 Å². The zero-order chi connectivity index (χ0) is 11.4. The second-order valence-corrected chi connectivity index (χ2v) is 6.08. The second-order valence-electron chi connectivity index (χ2n) is 4.41. The van der Waals surface area contributed by atoms with Gasteiger partial charge in [-0.15, -0.1) is 5.10 Å². The first kappa shape index (κ1) is 12.0. The van der Waals surface area contributed by atoms with Gasteiger partial charge in [-0.3, -0.25) is 5.10 Å². The fourth-order valence-electron chi connectivity index (χ4n) is 2.04. The molecule has 1 atom stereocenters. The molecule has 0 spiro atoms. The van der Waals surface area contributed by atoms with Crippen LogP contribution in [0, 0.1) is 9.87 Å². The molecule has 0 aliphatic carbocycles. The van der Waals surface area contributed by atoms with Crippen molar-refractivity contribution in [3.05, 3.63) is 3.95 Å². The summed E-state index contributed by atoms with van der Waals surface area (Å²) in [5, 5.41) is 11.1. The fraction of sp³-hybridized carbons (Fsp3) is 0.800. The minimum Gasteiger partial charge on any atom is -0.360 e. The number of aromatic amines is 1. The number of anilines is 1. The molecule has 1 unspecified atom stereocenters. The molecule has 1 saturated heterocycles. The van der Waals surface area contributed by atoms with Crippen LogP contribution in [-0.2, 0) is 0 Å². The van der Waals surface area contributed by atoms with E-state index in [1.807, 2.05) is 0 Å². The highest BCUT2D eigenvalue weighted by Crippen LogP contribution is 2.13. The Morgan fingerprint density at radius 2 is 2.31 bits per heavy atom. The van der Waals surface area contributed by atoms with Crippen LogP contribution in [0.2, 0.25) is 0 Å². The zero-order valence-electron chi connectivity index (χ0n) is 9.53. The normalized spacial score (nSPS) is 18.8. The van der Waals surface area contributed by atoms with Gasteiger partial charge in [0.25, 0.3) is 0 Å². The summed E-state index contributed by atoms with van der Waals surface area (Å²) >= 11 is 6.48. The molecular weight excluding hydrogens is 240 g/mol. The summed E-state index contributed by atoms with van der Waals surface area (Å²) in [5.74, 6) is 0.649. The maximum absolute atomic E-state index is 4.98. The summed E-state index contributed by atoms with van der Waals surface area (Å²) in [4.78, 5) is 2.54. The van der Waals surface area contributed by atoms with Crippen LogP contribution >= 0.6 is 23.6 Å². The Kier molecular flexibility index (Phi) is 4.31. The van der Waals surface area contributed by atoms with Gasteiger partial charge in [-0.2, -0.15) is 0 Å². The van der Waals surface area contributed by atoms with Crippen molar-refractivity contribution in [2.75, 3.05) is 31.5 Å². The summed E-state index contributed by atoms with van der Waals surface area (Å²) in [5.41, 5.74) is 0. The average Bonchev–Trinajstić information content (AvgIpc) is 2.87. The number of H-pyrrole nitrogens is 1. The first-order chi connectivity index (χ1) is 7.74. The van der Waals surface area contributed by atoms with E-state index in [4.69, 9.17) is 12.2 Å². The predicted molar refractivity (Wildman–Crippen MR) is 70.6 cm³/mol. The van der Waals surface area contributed by atoms with E-state index in [1.165, 1.54) is 43.8 Å². The zero-order valence-corrected chi connectivity index (χ0v) is 11.2. The van der Waals surface area contributed by atoms with Gasteiger partial charge in [0, 0.05) is 13.1 Å². The van der Waals surface area contributed by atoms with E-state index in [0.717, 1.165) is 15.6 Å². The molecule has 0 saturated carbocycles. The molecule has 1 aromatic rings. The lowest BCUT2D eigenvalue weighted by Crippen LogP contribution is -2.28. The first-order valence-electron chi connectivity index (χ1n) is 5.76. The third-order valence-electron chi connectivity index (χ3n) is 2.81. The number of hydrogen-bond acceptors (Lipinski definition) is 5. The standard InChI is InChI=1S/C10H18N4S2/c1-8(7-14-4-2-3-5-14)6-11-9-12-13-10(15)16-9/h8H,2-7H2,1H3,(H,11,12)(H,13,15). The highest BCUT2D eigenvalue weighted by Gasteiger charge is 2.14. The smallest absolute Gasteiger partial charge is 0.204 e. The molecule has 1 aliphatic heterocycles. The Hall–Kier alpha value is -0.460. The van der Waals surface area contributed by atoms with E-state index in [9.17, 15) is 0 Å². The molecule has 1 aliphatic rings. The average molecular weight is 258 g/mol. The van der Waals surface area contributed by atoms with E-state index in [-0.39, 0.29) is 0 Å². The number of hydrogen-bond donors (Lipinski definition) is 2. The lowest BCUT2D eigenvalue weighted by atomic mass is 10.2. The number of nitrogens with zero attached hydrogens (tertiary/aromatic N) is 2. The quantitative estimate of drug-likeness (QED) is 0.796. The molecule has 6 heteroatoms. The molecule has 0 radical (unpaired) electrons. The third kappa shape index (κ3) is 3.54. The molecule has 2 rings (SSSR count). The van der Waals surface area contributed by atoms with Gasteiger partial charge in [0.15, 0.2) is 3.95 Å². The maximum atomic E-state index is 4.98. The van der Waals surface area contributed by atoms with Crippen molar-refractivity contribution < 1.29 is 0 Å². The number of likely N-dealkylation sites (tertiary alicyclic amines) is 1. The van der Waals surface area contributed by atoms with Gasteiger partial charge >= 0.3 is 0 Å². The Bertz CT molecular complexity index is 367. The van der Waals surface area contributed by atoms with Crippen LogP contribution in [0.25, 0.3) is 0 Å². The molecule has 16 heavy (non-hydrogen) atoms. The number of rotatable bonds is 5. The van der Waals surface area contributed by atoms with Crippen LogP contribution in [0.3, 0.4) is 0 Å². The molecule has 0 aromatic carbocycles. The van der Waals surface area contributed by atoms with Crippen molar-refractivity contribution in [2.24, 2.45) is 5.92 Å². The molecule has 0 bridgehead atoms. The van der Waals surface area contributed by atoms with Gasteiger partial charge < -0.3 is 10.2 Å². The first-order valence-corrected chi connectivity index (χ1v) is 6.98. The van der Waals surface area contributed by atoms with Crippen LogP contribution in [0.15, 0.2) is 0 Å². The van der Waals surface area contributed by atoms with Gasteiger partial charge in [0.2, 0.25) is 5.13 Å². The highest BCUT2D eigenvalue weighted by molar-refractivity contribution is 7.73. The number of nitrogens with one attached hydrogen (secondary N) is 2. The van der Waals surface area contributed by atoms with Crippen LogP contribution in [0.1, 0.15) is 19.8 Å². The Balaban J connectivity index is 1.70. The molecule has 1 fully saturated rings. The van der Waals surface area contributed by atoms with E-state index in [2.05, 4.69) is 27.3 Å². The SMILES string of the molecule is CC(CNc1n[nH]c(=S)s1)CN1CCCC1. The lowest BCUT2D eigenvalue weighted by molar-refractivity contribution is 0.294. The Morgan fingerprint density at radius 1 is 1.56 bits per heavy atom. The van der Waals surface area contributed by atoms with Crippen molar-refractivity contribution in [3.63, 3.8) is 0 Å². The van der Waals surface area contributed by atoms with Gasteiger partial charge in [-0.1, -0.05) is 18.3 Å². The van der Waals surface area contributed by atoms with Gasteiger partial charge in [0.05, 0.1) is 0 Å². The third-order valence-corrected chi connectivity index (χ3v) is 3.86. The Morgan fingerprint density at radius 3 is 2.94 bits per heavy atom. The van der Waals surface area contributed by atoms with Gasteiger partial charge in [-0.05, 0) is 44.1 Å². The summed E-state index contributed by atoms with van der Waals surface area (Å²) in [6, 6.07) is 0. The molecule has 2 heterocycles. The number of aromatic nitrogens is 2. The van der Waals surface area contributed by atoms with Crippen molar-refractivity contribution in [1.82, 2.24) is 15.1 Å². The Labute approximate surface area is 105 Å². The highest BCUT2D eigenvalue weighted by atomic mass is 32.1. The minimum absolute atomic E-state index is 0.649. The molecular formula is C10H18N4S2. The molecule has 0 amide bonds. The molecule has 1 aromatic heterocycles. The molecule has 2 N–H and O–H groups in total. The van der Waals surface area contributed by atoms with Crippen LogP contribution in [0.4, 0.5) is 5.13 Å². The van der Waals surface area contributed by atoms with E-state index in [1.54, 1.807) is 0 Å². The van der Waals surface area contributed by atoms with Crippen LogP contribution in [0.5, 0.6) is 0 Å². The van der Waals surface area contributed by atoms with Crippen LogP contribution < -0.4 is 5.32 Å². The van der Waals surface area contributed by atoms with E-state index >= 15 is 0 Å². The van der Waals surface area contributed by atoms with Gasteiger partial charge in [0.1, 0.15) is 0 Å². The topological polar surface area (TPSA) is 44.0 Å². The predicted octanol–water partition coefficient (Wildman–Crippen LogP) is 2.34. The summed E-state index contributed by atoms with van der Waals surface area (Å²) < 4.78 is 0.731. The fourth-order valence-corrected chi connectivity index (χ4v) is 2.83. The van der Waals surface area contributed by atoms with Crippen molar-refractivity contribution >= 4 is 28.7 Å². The van der Waals surface area contributed by atoms with Crippen LogP contribution in [-0.4, -0.2) is 41.3 Å². The van der Waals surface area contributed by atoms with Gasteiger partial charge in [-0.25, -0.2) is 0 Å². The minimum atomic E-state index is 0.649. The largest absolute Gasteiger partial charge is 0.360 e. The van der Waals surface area contributed by atoms with E-state index in [0.29, 0.717) is 5.92 Å². The summed E-state index contributed by atoms with van der Waals surface area (Å²) in [7, 11) is 0. The molecule has 4 nitrogen and oxygen atoms in total. The van der Waals surface area contributed by atoms with Crippen molar-refractivity contribution in [3.8, 4) is 0 Å². The maximum Gasteiger partial charge on any atom is 0.204 e. The van der Waals surface area contributed by atoms with Crippen molar-refractivity contribution in [1.29, 1.82) is 0 Å². The van der Waals surface area contributed by atoms with E-state index < -0.39 is 0 Å². The summed E-state index contributed by atoms with van der Waals surface area (Å²) in [6.07, 6.45) is 2.72. The molecule has 90 valence electrons. The monoisotopic (exact) mass is 258 g/mol.